The molecule has 1 aliphatic carbocycles. The maximum absolute atomic E-state index is 5.25. The van der Waals surface area contributed by atoms with Crippen molar-refractivity contribution in [2.75, 3.05) is 26.8 Å². The SMILES string of the molecule is CCNC(=NCc1nncn1C)NCC1(CCOC)CCC1.I. The first kappa shape index (κ1) is 20.1. The topological polar surface area (TPSA) is 76.4 Å². The molecule has 0 spiro atoms. The number of aliphatic imine (C=N–C) groups is 1. The minimum absolute atomic E-state index is 0. The van der Waals surface area contributed by atoms with Crippen molar-refractivity contribution >= 4 is 29.9 Å². The van der Waals surface area contributed by atoms with Gasteiger partial charge in [0.15, 0.2) is 11.8 Å². The summed E-state index contributed by atoms with van der Waals surface area (Å²) in [5, 5.41) is 14.7. The Morgan fingerprint density at radius 3 is 2.74 bits per heavy atom. The van der Waals surface area contributed by atoms with E-state index in [0.29, 0.717) is 12.0 Å². The molecule has 7 nitrogen and oxygen atoms in total. The van der Waals surface area contributed by atoms with Gasteiger partial charge >= 0.3 is 0 Å². The second-order valence-corrected chi connectivity index (χ2v) is 6.00. The zero-order valence-corrected chi connectivity index (χ0v) is 16.7. The molecular weight excluding hydrogens is 407 g/mol. The van der Waals surface area contributed by atoms with Crippen molar-refractivity contribution in [3.8, 4) is 0 Å². The number of nitrogens with one attached hydrogen (secondary N) is 2. The molecule has 1 aromatic heterocycles. The van der Waals surface area contributed by atoms with Crippen LogP contribution in [-0.2, 0) is 18.3 Å². The van der Waals surface area contributed by atoms with Crippen molar-refractivity contribution in [2.24, 2.45) is 17.5 Å². The highest BCUT2D eigenvalue weighted by Gasteiger charge is 2.36. The second kappa shape index (κ2) is 10.1. The summed E-state index contributed by atoms with van der Waals surface area (Å²) in [5.41, 5.74) is 0.372. The highest BCUT2D eigenvalue weighted by atomic mass is 127. The van der Waals surface area contributed by atoms with E-state index in [0.717, 1.165) is 37.9 Å². The number of methoxy groups -OCH3 is 1. The molecule has 1 aliphatic rings. The lowest BCUT2D eigenvalue weighted by Gasteiger charge is -2.42. The van der Waals surface area contributed by atoms with E-state index in [4.69, 9.17) is 4.74 Å². The van der Waals surface area contributed by atoms with Crippen molar-refractivity contribution in [3.63, 3.8) is 0 Å². The molecule has 0 bridgehead atoms. The molecule has 23 heavy (non-hydrogen) atoms. The molecule has 0 amide bonds. The Balaban J connectivity index is 0.00000264. The number of rotatable bonds is 8. The molecule has 0 atom stereocenters. The van der Waals surface area contributed by atoms with Gasteiger partial charge in [0.1, 0.15) is 12.9 Å². The third-order valence-electron chi connectivity index (χ3n) is 4.41. The molecule has 0 aromatic carbocycles. The summed E-state index contributed by atoms with van der Waals surface area (Å²) in [6.45, 7) is 5.21. The van der Waals surface area contributed by atoms with E-state index in [-0.39, 0.29) is 24.0 Å². The zero-order valence-electron chi connectivity index (χ0n) is 14.3. The van der Waals surface area contributed by atoms with E-state index in [9.17, 15) is 0 Å². The Labute approximate surface area is 155 Å². The lowest BCUT2D eigenvalue weighted by Crippen LogP contribution is -2.47. The van der Waals surface area contributed by atoms with Crippen LogP contribution in [0.15, 0.2) is 11.3 Å². The molecule has 0 aliphatic heterocycles. The van der Waals surface area contributed by atoms with Crippen LogP contribution in [-0.4, -0.2) is 47.5 Å². The number of aryl methyl sites for hydroxylation is 1. The average molecular weight is 436 g/mol. The van der Waals surface area contributed by atoms with Gasteiger partial charge in [-0.25, -0.2) is 4.99 Å². The fourth-order valence-electron chi connectivity index (χ4n) is 2.72. The van der Waals surface area contributed by atoms with Crippen LogP contribution in [0.5, 0.6) is 0 Å². The largest absolute Gasteiger partial charge is 0.385 e. The molecule has 8 heteroatoms. The summed E-state index contributed by atoms with van der Waals surface area (Å²) in [6, 6.07) is 0. The van der Waals surface area contributed by atoms with Crippen LogP contribution in [0.1, 0.15) is 38.4 Å². The molecule has 1 fully saturated rings. The Hall–Kier alpha value is -0.900. The van der Waals surface area contributed by atoms with Gasteiger partial charge in [-0.3, -0.25) is 0 Å². The number of nitrogens with zero attached hydrogens (tertiary/aromatic N) is 4. The van der Waals surface area contributed by atoms with Gasteiger partial charge in [0.25, 0.3) is 0 Å². The highest BCUT2D eigenvalue weighted by molar-refractivity contribution is 14.0. The van der Waals surface area contributed by atoms with Crippen LogP contribution in [0.25, 0.3) is 0 Å². The van der Waals surface area contributed by atoms with Gasteiger partial charge in [-0.05, 0) is 31.6 Å². The maximum Gasteiger partial charge on any atom is 0.191 e. The average Bonchev–Trinajstić information content (AvgIpc) is 2.88. The quantitative estimate of drug-likeness (QED) is 0.369. The minimum atomic E-state index is 0. The fourth-order valence-corrected chi connectivity index (χ4v) is 2.72. The Morgan fingerprint density at radius 1 is 1.43 bits per heavy atom. The molecule has 1 saturated carbocycles. The molecular formula is C15H29IN6O. The van der Waals surface area contributed by atoms with Gasteiger partial charge < -0.3 is 19.9 Å². The summed E-state index contributed by atoms with van der Waals surface area (Å²) in [4.78, 5) is 4.60. The summed E-state index contributed by atoms with van der Waals surface area (Å²) in [5.74, 6) is 1.70. The van der Waals surface area contributed by atoms with E-state index < -0.39 is 0 Å². The number of guanidine groups is 1. The second-order valence-electron chi connectivity index (χ2n) is 6.00. The van der Waals surface area contributed by atoms with Gasteiger partial charge in [-0.15, -0.1) is 34.2 Å². The van der Waals surface area contributed by atoms with Gasteiger partial charge in [-0.2, -0.15) is 0 Å². The summed E-state index contributed by atoms with van der Waals surface area (Å²) < 4.78 is 7.13. The first-order valence-electron chi connectivity index (χ1n) is 8.03. The van der Waals surface area contributed by atoms with Crippen molar-refractivity contribution in [3.05, 3.63) is 12.2 Å². The van der Waals surface area contributed by atoms with E-state index in [1.807, 2.05) is 11.6 Å². The smallest absolute Gasteiger partial charge is 0.191 e. The molecule has 2 N–H and O–H groups in total. The minimum Gasteiger partial charge on any atom is -0.385 e. The van der Waals surface area contributed by atoms with Crippen molar-refractivity contribution in [1.82, 2.24) is 25.4 Å². The summed E-state index contributed by atoms with van der Waals surface area (Å²) >= 11 is 0. The molecule has 0 unspecified atom stereocenters. The molecule has 1 aromatic rings. The van der Waals surface area contributed by atoms with Crippen molar-refractivity contribution < 1.29 is 4.74 Å². The lowest BCUT2D eigenvalue weighted by molar-refractivity contribution is 0.0732. The number of aromatic nitrogens is 3. The Kier molecular flexibility index (Phi) is 8.82. The van der Waals surface area contributed by atoms with Gasteiger partial charge in [0.2, 0.25) is 0 Å². The van der Waals surface area contributed by atoms with Crippen molar-refractivity contribution in [2.45, 2.75) is 39.2 Å². The number of hydrogen-bond donors (Lipinski definition) is 2. The molecule has 1 heterocycles. The number of halogens is 1. The molecule has 2 rings (SSSR count). The summed E-state index contributed by atoms with van der Waals surface area (Å²) in [6.07, 6.45) is 6.66. The van der Waals surface area contributed by atoms with E-state index >= 15 is 0 Å². The highest BCUT2D eigenvalue weighted by Crippen LogP contribution is 2.43. The van der Waals surface area contributed by atoms with Crippen LogP contribution >= 0.6 is 24.0 Å². The third kappa shape index (κ3) is 5.91. The molecule has 0 radical (unpaired) electrons. The predicted molar refractivity (Wildman–Crippen MR) is 102 cm³/mol. The first-order valence-corrected chi connectivity index (χ1v) is 8.03. The van der Waals surface area contributed by atoms with E-state index in [2.05, 4.69) is 32.7 Å². The van der Waals surface area contributed by atoms with Crippen LogP contribution in [0, 0.1) is 5.41 Å². The van der Waals surface area contributed by atoms with Crippen LogP contribution in [0.3, 0.4) is 0 Å². The predicted octanol–water partition coefficient (Wildman–Crippen LogP) is 1.69. The van der Waals surface area contributed by atoms with Crippen LogP contribution in [0.4, 0.5) is 0 Å². The van der Waals surface area contributed by atoms with Gasteiger partial charge in [-0.1, -0.05) is 6.42 Å². The van der Waals surface area contributed by atoms with Crippen LogP contribution < -0.4 is 10.6 Å². The number of ether oxygens (including phenoxy) is 1. The molecule has 0 saturated heterocycles. The van der Waals surface area contributed by atoms with Crippen LogP contribution in [0.2, 0.25) is 0 Å². The maximum atomic E-state index is 5.25. The lowest BCUT2D eigenvalue weighted by atomic mass is 9.67. The fraction of sp³-hybridized carbons (Fsp3) is 0.800. The van der Waals surface area contributed by atoms with Gasteiger partial charge in [0, 0.05) is 33.9 Å². The van der Waals surface area contributed by atoms with Crippen molar-refractivity contribution in [1.29, 1.82) is 0 Å². The van der Waals surface area contributed by atoms with E-state index in [1.165, 1.54) is 19.3 Å². The first-order chi connectivity index (χ1) is 10.7. The van der Waals surface area contributed by atoms with Gasteiger partial charge in [0.05, 0.1) is 0 Å². The zero-order chi connectivity index (χ0) is 15.8. The third-order valence-corrected chi connectivity index (χ3v) is 4.41. The number of hydrogen-bond acceptors (Lipinski definition) is 4. The Morgan fingerprint density at radius 2 is 2.22 bits per heavy atom. The normalized spacial score (nSPS) is 16.4. The Bertz CT molecular complexity index is 486. The summed E-state index contributed by atoms with van der Waals surface area (Å²) in [7, 11) is 3.70. The monoisotopic (exact) mass is 436 g/mol. The molecule has 132 valence electrons. The standard InChI is InChI=1S/C15H28N6O.HI/c1-4-16-14(17-10-13-20-19-12-21(13)2)18-11-15(6-5-7-15)8-9-22-3;/h12H,4-11H2,1-3H3,(H2,16,17,18);1H. The van der Waals surface area contributed by atoms with E-state index in [1.54, 1.807) is 13.4 Å².